The predicted molar refractivity (Wildman–Crippen MR) is 83.8 cm³/mol. The van der Waals surface area contributed by atoms with E-state index in [4.69, 9.17) is 4.74 Å². The highest BCUT2D eigenvalue weighted by atomic mass is 16.5. The van der Waals surface area contributed by atoms with Crippen molar-refractivity contribution in [2.45, 2.75) is 52.7 Å². The number of nitrogens with one attached hydrogen (secondary N) is 1. The van der Waals surface area contributed by atoms with Crippen molar-refractivity contribution in [3.8, 4) is 0 Å². The Labute approximate surface area is 131 Å². The lowest BCUT2D eigenvalue weighted by Gasteiger charge is -2.26. The van der Waals surface area contributed by atoms with Gasteiger partial charge in [0.1, 0.15) is 0 Å². The summed E-state index contributed by atoms with van der Waals surface area (Å²) in [6.45, 7) is 9.46. The molecule has 1 atom stereocenters. The molecule has 0 aromatic carbocycles. The Kier molecular flexibility index (Phi) is 5.24. The van der Waals surface area contributed by atoms with Gasteiger partial charge in [0.15, 0.2) is 0 Å². The summed E-state index contributed by atoms with van der Waals surface area (Å²) < 4.78 is 7.29. The molecule has 2 heterocycles. The number of aliphatic hydroxyl groups is 1. The van der Waals surface area contributed by atoms with Gasteiger partial charge in [0, 0.05) is 25.5 Å². The van der Waals surface area contributed by atoms with Gasteiger partial charge in [-0.25, -0.2) is 0 Å². The molecule has 1 unspecified atom stereocenters. The van der Waals surface area contributed by atoms with Gasteiger partial charge in [-0.15, -0.1) is 0 Å². The molecule has 1 fully saturated rings. The van der Waals surface area contributed by atoms with Gasteiger partial charge in [0.2, 0.25) is 0 Å². The fourth-order valence-corrected chi connectivity index (χ4v) is 2.53. The summed E-state index contributed by atoms with van der Waals surface area (Å²) in [5.41, 5.74) is 1.19. The van der Waals surface area contributed by atoms with Crippen molar-refractivity contribution in [2.24, 2.45) is 5.41 Å². The predicted octanol–water partition coefficient (Wildman–Crippen LogP) is 1.68. The van der Waals surface area contributed by atoms with Crippen LogP contribution in [0.4, 0.5) is 0 Å². The molecule has 1 aliphatic heterocycles. The van der Waals surface area contributed by atoms with Crippen LogP contribution >= 0.6 is 0 Å². The normalized spacial score (nSPS) is 18.2. The molecular weight excluding hydrogens is 282 g/mol. The minimum atomic E-state index is -0.581. The summed E-state index contributed by atoms with van der Waals surface area (Å²) in [4.78, 5) is 12.3. The summed E-state index contributed by atoms with van der Waals surface area (Å²) in [6, 6.07) is 0.301. The average Bonchev–Trinajstić information content (AvgIpc) is 2.86. The summed E-state index contributed by atoms with van der Waals surface area (Å²) >= 11 is 0. The van der Waals surface area contributed by atoms with Gasteiger partial charge >= 0.3 is 0 Å². The van der Waals surface area contributed by atoms with E-state index in [1.807, 2.05) is 32.4 Å². The number of aromatic nitrogens is 2. The second-order valence-electron chi connectivity index (χ2n) is 7.02. The fraction of sp³-hybridized carbons (Fsp3) is 0.750. The van der Waals surface area contributed by atoms with E-state index < -0.39 is 6.10 Å². The van der Waals surface area contributed by atoms with Crippen molar-refractivity contribution in [3.05, 3.63) is 17.5 Å². The van der Waals surface area contributed by atoms with Gasteiger partial charge in [0.05, 0.1) is 23.9 Å². The van der Waals surface area contributed by atoms with Crippen molar-refractivity contribution in [1.29, 1.82) is 0 Å². The summed E-state index contributed by atoms with van der Waals surface area (Å²) in [5.74, 6) is -0.181. The van der Waals surface area contributed by atoms with E-state index in [2.05, 4.69) is 10.4 Å². The maximum atomic E-state index is 12.3. The minimum absolute atomic E-state index is 0.181. The number of hydrogen-bond donors (Lipinski definition) is 2. The van der Waals surface area contributed by atoms with Gasteiger partial charge in [-0.2, -0.15) is 5.10 Å². The lowest BCUT2D eigenvalue weighted by Crippen LogP contribution is -2.39. The molecule has 0 saturated carbocycles. The van der Waals surface area contributed by atoms with Crippen molar-refractivity contribution < 1.29 is 14.6 Å². The van der Waals surface area contributed by atoms with Crippen LogP contribution < -0.4 is 5.32 Å². The molecule has 1 saturated heterocycles. The van der Waals surface area contributed by atoms with E-state index >= 15 is 0 Å². The van der Waals surface area contributed by atoms with Crippen LogP contribution in [0.1, 0.15) is 55.7 Å². The number of carbonyl (C=O) groups is 1. The quantitative estimate of drug-likeness (QED) is 0.887. The Morgan fingerprint density at radius 1 is 1.50 bits per heavy atom. The van der Waals surface area contributed by atoms with E-state index in [1.54, 1.807) is 6.20 Å². The van der Waals surface area contributed by atoms with Crippen LogP contribution in [0.15, 0.2) is 6.20 Å². The molecule has 0 spiro atoms. The van der Waals surface area contributed by atoms with Crippen molar-refractivity contribution in [3.63, 3.8) is 0 Å². The minimum Gasteiger partial charge on any atom is -0.391 e. The van der Waals surface area contributed by atoms with Crippen LogP contribution in [0.3, 0.4) is 0 Å². The average molecular weight is 309 g/mol. The topological polar surface area (TPSA) is 76.4 Å². The zero-order valence-corrected chi connectivity index (χ0v) is 13.9. The van der Waals surface area contributed by atoms with Crippen LogP contribution in [0, 0.1) is 12.3 Å². The lowest BCUT2D eigenvalue weighted by molar-refractivity contribution is 0.0586. The number of carbonyl (C=O) groups excluding carboxylic acids is 1. The molecule has 0 bridgehead atoms. The zero-order chi connectivity index (χ0) is 16.3. The third-order valence-electron chi connectivity index (χ3n) is 4.28. The van der Waals surface area contributed by atoms with E-state index in [0.717, 1.165) is 31.7 Å². The molecule has 2 N–H and O–H groups in total. The first-order valence-electron chi connectivity index (χ1n) is 7.89. The second-order valence-corrected chi connectivity index (χ2v) is 7.02. The summed E-state index contributed by atoms with van der Waals surface area (Å²) in [6.07, 6.45) is 2.88. The fourth-order valence-electron chi connectivity index (χ4n) is 2.53. The number of amides is 1. The maximum Gasteiger partial charge on any atom is 0.254 e. The van der Waals surface area contributed by atoms with E-state index in [1.165, 1.54) is 0 Å². The van der Waals surface area contributed by atoms with Gasteiger partial charge < -0.3 is 15.2 Å². The Balaban J connectivity index is 2.00. The molecule has 1 aliphatic rings. The molecule has 0 radical (unpaired) electrons. The van der Waals surface area contributed by atoms with Crippen LogP contribution in [0.2, 0.25) is 0 Å². The Morgan fingerprint density at radius 2 is 2.14 bits per heavy atom. The first-order chi connectivity index (χ1) is 10.3. The monoisotopic (exact) mass is 309 g/mol. The van der Waals surface area contributed by atoms with Gasteiger partial charge in [-0.3, -0.25) is 9.48 Å². The largest absolute Gasteiger partial charge is 0.391 e. The standard InChI is InChI=1S/C16H27N3O3/c1-11-13(15(21)17-10-14(20)16(2,3)4)9-18-19(11)12-5-7-22-8-6-12/h9,12,14,20H,5-8,10H2,1-4H3,(H,17,21). The highest BCUT2D eigenvalue weighted by Crippen LogP contribution is 2.23. The van der Waals surface area contributed by atoms with Gasteiger partial charge in [-0.1, -0.05) is 20.8 Å². The van der Waals surface area contributed by atoms with Crippen LogP contribution in [-0.2, 0) is 4.74 Å². The van der Waals surface area contributed by atoms with Crippen molar-refractivity contribution >= 4 is 5.91 Å². The summed E-state index contributed by atoms with van der Waals surface area (Å²) in [7, 11) is 0. The number of nitrogens with zero attached hydrogens (tertiary/aromatic N) is 2. The molecule has 6 nitrogen and oxygen atoms in total. The number of aliphatic hydroxyl groups excluding tert-OH is 1. The molecular formula is C16H27N3O3. The van der Waals surface area contributed by atoms with Crippen LogP contribution in [0.5, 0.6) is 0 Å². The highest BCUT2D eigenvalue weighted by Gasteiger charge is 2.25. The Bertz CT molecular complexity index is 513. The molecule has 0 aliphatic carbocycles. The van der Waals surface area contributed by atoms with Gasteiger partial charge in [-0.05, 0) is 25.2 Å². The summed E-state index contributed by atoms with van der Waals surface area (Å²) in [5, 5.41) is 17.2. The van der Waals surface area contributed by atoms with E-state index in [9.17, 15) is 9.90 Å². The number of ether oxygens (including phenoxy) is 1. The molecule has 2 rings (SSSR count). The smallest absolute Gasteiger partial charge is 0.254 e. The second kappa shape index (κ2) is 6.79. The highest BCUT2D eigenvalue weighted by molar-refractivity contribution is 5.95. The van der Waals surface area contributed by atoms with Crippen molar-refractivity contribution in [1.82, 2.24) is 15.1 Å². The third-order valence-corrected chi connectivity index (χ3v) is 4.28. The molecule has 1 aromatic rings. The zero-order valence-electron chi connectivity index (χ0n) is 13.9. The third kappa shape index (κ3) is 3.87. The van der Waals surface area contributed by atoms with Crippen LogP contribution in [-0.4, -0.2) is 46.7 Å². The molecule has 1 aromatic heterocycles. The lowest BCUT2D eigenvalue weighted by atomic mass is 9.89. The Hall–Kier alpha value is -1.40. The SMILES string of the molecule is Cc1c(C(=O)NCC(O)C(C)(C)C)cnn1C1CCOCC1. The van der Waals surface area contributed by atoms with E-state index in [-0.39, 0.29) is 17.9 Å². The first kappa shape index (κ1) is 17.0. The van der Waals surface area contributed by atoms with Crippen LogP contribution in [0.25, 0.3) is 0 Å². The molecule has 6 heteroatoms. The maximum absolute atomic E-state index is 12.3. The van der Waals surface area contributed by atoms with E-state index in [0.29, 0.717) is 11.6 Å². The number of rotatable bonds is 4. The molecule has 22 heavy (non-hydrogen) atoms. The number of hydrogen-bond acceptors (Lipinski definition) is 4. The molecule has 1 amide bonds. The Morgan fingerprint density at radius 3 is 2.73 bits per heavy atom. The van der Waals surface area contributed by atoms with Gasteiger partial charge in [0.25, 0.3) is 5.91 Å². The van der Waals surface area contributed by atoms with Crippen molar-refractivity contribution in [2.75, 3.05) is 19.8 Å². The molecule has 124 valence electrons. The first-order valence-corrected chi connectivity index (χ1v) is 7.89.